The summed E-state index contributed by atoms with van der Waals surface area (Å²) in [5.74, 6) is 0.510. The normalized spacial score (nSPS) is 35.6. The first-order valence-electron chi connectivity index (χ1n) is 6.52. The van der Waals surface area contributed by atoms with Crippen molar-refractivity contribution in [1.82, 2.24) is 9.34 Å². The summed E-state index contributed by atoms with van der Waals surface area (Å²) < 4.78 is 17.5. The van der Waals surface area contributed by atoms with Crippen LogP contribution in [-0.4, -0.2) is 41.7 Å². The quantitative estimate of drug-likeness (QED) is 0.698. The van der Waals surface area contributed by atoms with Crippen molar-refractivity contribution in [3.05, 3.63) is 0 Å². The zero-order valence-electron chi connectivity index (χ0n) is 11.0. The van der Waals surface area contributed by atoms with Gasteiger partial charge in [-0.05, 0) is 32.9 Å². The predicted octanol–water partition coefficient (Wildman–Crippen LogP) is 3.02. The second kappa shape index (κ2) is 4.44. The first kappa shape index (κ1) is 12.6. The topological polar surface area (TPSA) is 23.6 Å². The zero-order chi connectivity index (χ0) is 11.9. The molecule has 0 aromatic carbocycles. The van der Waals surface area contributed by atoms with Gasteiger partial charge in [-0.3, -0.25) is 4.57 Å². The standard InChI is InChI=1S/C12H25N2OP/c1-10(2)9-16(15)13(3)11-7-5-6-8-12(11)14(16)4/h10-12H,5-9H2,1-4H3/t11-,12-/m1/s1. The van der Waals surface area contributed by atoms with Crippen molar-refractivity contribution in [2.45, 2.75) is 51.6 Å². The molecule has 2 fully saturated rings. The molecule has 3 nitrogen and oxygen atoms in total. The van der Waals surface area contributed by atoms with Crippen molar-refractivity contribution < 1.29 is 4.57 Å². The molecule has 0 radical (unpaired) electrons. The smallest absolute Gasteiger partial charge is 0.216 e. The van der Waals surface area contributed by atoms with Gasteiger partial charge in [0.2, 0.25) is 7.44 Å². The van der Waals surface area contributed by atoms with Crippen molar-refractivity contribution in [3.8, 4) is 0 Å². The fourth-order valence-corrected chi connectivity index (χ4v) is 6.76. The van der Waals surface area contributed by atoms with Crippen molar-refractivity contribution >= 4 is 7.44 Å². The molecule has 1 saturated heterocycles. The molecule has 2 rings (SSSR count). The number of rotatable bonds is 2. The summed E-state index contributed by atoms with van der Waals surface area (Å²) in [6, 6.07) is 1.09. The van der Waals surface area contributed by atoms with Gasteiger partial charge >= 0.3 is 0 Å². The van der Waals surface area contributed by atoms with Crippen LogP contribution in [0.2, 0.25) is 0 Å². The van der Waals surface area contributed by atoms with Crippen LogP contribution in [0.25, 0.3) is 0 Å². The molecular weight excluding hydrogens is 219 g/mol. The van der Waals surface area contributed by atoms with Crippen LogP contribution < -0.4 is 0 Å². The maximum Gasteiger partial charge on any atom is 0.216 e. The number of hydrogen-bond donors (Lipinski definition) is 0. The summed E-state index contributed by atoms with van der Waals surface area (Å²) in [6.07, 6.45) is 5.91. The summed E-state index contributed by atoms with van der Waals surface area (Å²) in [7, 11) is 1.91. The van der Waals surface area contributed by atoms with E-state index in [-0.39, 0.29) is 0 Å². The van der Waals surface area contributed by atoms with Crippen molar-refractivity contribution in [2.75, 3.05) is 20.3 Å². The third-order valence-electron chi connectivity index (χ3n) is 4.24. The lowest BCUT2D eigenvalue weighted by Gasteiger charge is -2.28. The van der Waals surface area contributed by atoms with Gasteiger partial charge in [0.1, 0.15) is 0 Å². The molecule has 4 heteroatoms. The van der Waals surface area contributed by atoms with Crippen molar-refractivity contribution in [2.24, 2.45) is 5.92 Å². The Labute approximate surface area is 99.7 Å². The molecular formula is C12H25N2OP. The average Bonchev–Trinajstić information content (AvgIpc) is 2.42. The Morgan fingerprint density at radius 1 is 1.12 bits per heavy atom. The van der Waals surface area contributed by atoms with Crippen LogP contribution >= 0.6 is 7.44 Å². The Morgan fingerprint density at radius 2 is 1.56 bits per heavy atom. The van der Waals surface area contributed by atoms with Crippen LogP contribution in [-0.2, 0) is 4.57 Å². The van der Waals surface area contributed by atoms with Crippen LogP contribution in [0.1, 0.15) is 39.5 Å². The number of hydrogen-bond acceptors (Lipinski definition) is 1. The van der Waals surface area contributed by atoms with Gasteiger partial charge in [-0.2, -0.15) is 0 Å². The van der Waals surface area contributed by atoms with Gasteiger partial charge in [-0.25, -0.2) is 9.34 Å². The van der Waals surface area contributed by atoms with E-state index in [1.807, 2.05) is 0 Å². The monoisotopic (exact) mass is 244 g/mol. The van der Waals surface area contributed by atoms with Crippen LogP contribution in [0.3, 0.4) is 0 Å². The lowest BCUT2D eigenvalue weighted by molar-refractivity contribution is 0.233. The van der Waals surface area contributed by atoms with Gasteiger partial charge in [0, 0.05) is 18.2 Å². The maximum absolute atomic E-state index is 13.1. The highest BCUT2D eigenvalue weighted by molar-refractivity contribution is 7.59. The number of nitrogens with zero attached hydrogens (tertiary/aromatic N) is 2. The van der Waals surface area contributed by atoms with E-state index >= 15 is 0 Å². The van der Waals surface area contributed by atoms with E-state index in [1.54, 1.807) is 0 Å². The van der Waals surface area contributed by atoms with Gasteiger partial charge < -0.3 is 0 Å². The van der Waals surface area contributed by atoms with E-state index in [0.717, 1.165) is 6.16 Å². The largest absolute Gasteiger partial charge is 0.289 e. The van der Waals surface area contributed by atoms with E-state index in [2.05, 4.69) is 37.3 Å². The third kappa shape index (κ3) is 1.87. The summed E-state index contributed by atoms with van der Waals surface area (Å²) >= 11 is 0. The van der Waals surface area contributed by atoms with E-state index < -0.39 is 7.44 Å². The summed E-state index contributed by atoms with van der Waals surface area (Å²) in [5, 5.41) is 0. The molecule has 0 aromatic rings. The Kier molecular flexibility index (Phi) is 3.49. The zero-order valence-corrected chi connectivity index (χ0v) is 11.9. The number of fused-ring (bicyclic) bond motifs is 1. The maximum atomic E-state index is 13.1. The highest BCUT2D eigenvalue weighted by atomic mass is 31.2. The predicted molar refractivity (Wildman–Crippen MR) is 68.9 cm³/mol. The van der Waals surface area contributed by atoms with Gasteiger partial charge in [0.05, 0.1) is 0 Å². The average molecular weight is 244 g/mol. The SMILES string of the molecule is CC(C)CP1(=O)N(C)[C@@H]2CCCC[C@H]2N1C. The summed E-state index contributed by atoms with van der Waals surface area (Å²) in [5.41, 5.74) is 0. The second-order valence-electron chi connectivity index (χ2n) is 5.81. The molecule has 1 saturated carbocycles. The van der Waals surface area contributed by atoms with Crippen LogP contribution in [0, 0.1) is 5.92 Å². The summed E-state index contributed by atoms with van der Waals surface area (Å²) in [4.78, 5) is 0. The Balaban J connectivity index is 2.23. The lowest BCUT2D eigenvalue weighted by Crippen LogP contribution is -2.37. The fraction of sp³-hybridized carbons (Fsp3) is 1.00. The van der Waals surface area contributed by atoms with E-state index in [0.29, 0.717) is 18.0 Å². The summed E-state index contributed by atoms with van der Waals surface area (Å²) in [6.45, 7) is 4.34. The Hall–Kier alpha value is 0.150. The molecule has 2 atom stereocenters. The lowest BCUT2D eigenvalue weighted by atomic mass is 9.91. The molecule has 0 spiro atoms. The molecule has 0 bridgehead atoms. The Bertz CT molecular complexity index is 283. The van der Waals surface area contributed by atoms with E-state index in [1.165, 1.54) is 25.7 Å². The van der Waals surface area contributed by atoms with Crippen LogP contribution in [0.15, 0.2) is 0 Å². The Morgan fingerprint density at radius 3 is 1.94 bits per heavy atom. The van der Waals surface area contributed by atoms with E-state index in [9.17, 15) is 4.57 Å². The first-order chi connectivity index (χ1) is 7.47. The minimum Gasteiger partial charge on any atom is -0.289 e. The van der Waals surface area contributed by atoms with Gasteiger partial charge in [0.25, 0.3) is 0 Å². The fourth-order valence-electron chi connectivity index (χ4n) is 3.38. The molecule has 2 aliphatic rings. The second-order valence-corrected chi connectivity index (χ2v) is 8.76. The van der Waals surface area contributed by atoms with Crippen molar-refractivity contribution in [3.63, 3.8) is 0 Å². The van der Waals surface area contributed by atoms with Gasteiger partial charge in [-0.1, -0.05) is 26.7 Å². The molecule has 94 valence electrons. The van der Waals surface area contributed by atoms with Crippen LogP contribution in [0.4, 0.5) is 0 Å². The highest BCUT2D eigenvalue weighted by Gasteiger charge is 2.51. The highest BCUT2D eigenvalue weighted by Crippen LogP contribution is 2.62. The molecule has 0 aromatic heterocycles. The first-order valence-corrected chi connectivity index (χ1v) is 8.32. The van der Waals surface area contributed by atoms with Gasteiger partial charge in [-0.15, -0.1) is 0 Å². The minimum absolute atomic E-state index is 0.510. The molecule has 1 aliphatic heterocycles. The van der Waals surface area contributed by atoms with Crippen molar-refractivity contribution in [1.29, 1.82) is 0 Å². The molecule has 0 amide bonds. The minimum atomic E-state index is -2.25. The molecule has 1 heterocycles. The third-order valence-corrected chi connectivity index (χ3v) is 8.01. The molecule has 1 aliphatic carbocycles. The van der Waals surface area contributed by atoms with Gasteiger partial charge in [0.15, 0.2) is 0 Å². The molecule has 16 heavy (non-hydrogen) atoms. The number of likely N-dealkylation sites (N-methyl/N-ethyl adjacent to an activating group) is 2. The molecule has 0 unspecified atom stereocenters. The molecule has 0 N–H and O–H groups in total. The van der Waals surface area contributed by atoms with E-state index in [4.69, 9.17) is 0 Å². The van der Waals surface area contributed by atoms with Crippen LogP contribution in [0.5, 0.6) is 0 Å².